The average molecular weight is 292 g/mol. The van der Waals surface area contributed by atoms with Crippen LogP contribution in [0.2, 0.25) is 0 Å². The molecule has 0 atom stereocenters. The minimum Gasteiger partial charge on any atom is -0.338 e. The summed E-state index contributed by atoms with van der Waals surface area (Å²) in [5.74, 6) is 6.64. The highest BCUT2D eigenvalue weighted by Crippen LogP contribution is 2.16. The van der Waals surface area contributed by atoms with Gasteiger partial charge in [0, 0.05) is 24.4 Å². The minimum atomic E-state index is -0.518. The third kappa shape index (κ3) is 3.75. The van der Waals surface area contributed by atoms with E-state index in [0.717, 1.165) is 17.9 Å². The summed E-state index contributed by atoms with van der Waals surface area (Å²) in [4.78, 5) is 14.0. The van der Waals surface area contributed by atoms with Crippen LogP contribution >= 0.6 is 11.8 Å². The van der Waals surface area contributed by atoms with E-state index >= 15 is 0 Å². The zero-order valence-electron chi connectivity index (χ0n) is 11.2. The van der Waals surface area contributed by atoms with Crippen LogP contribution in [0, 0.1) is 17.7 Å². The Morgan fingerprint density at radius 3 is 3.00 bits per heavy atom. The van der Waals surface area contributed by atoms with E-state index in [4.69, 9.17) is 5.73 Å². The van der Waals surface area contributed by atoms with Crippen LogP contribution in [-0.4, -0.2) is 41.9 Å². The highest BCUT2D eigenvalue weighted by molar-refractivity contribution is 7.99. The second-order valence-corrected chi connectivity index (χ2v) is 5.68. The molecule has 1 fully saturated rings. The van der Waals surface area contributed by atoms with Crippen LogP contribution in [0.1, 0.15) is 22.3 Å². The van der Waals surface area contributed by atoms with Crippen molar-refractivity contribution in [2.45, 2.75) is 6.42 Å². The number of thioether (sulfide) groups is 1. The molecule has 5 heteroatoms. The van der Waals surface area contributed by atoms with Crippen molar-refractivity contribution >= 4 is 17.7 Å². The van der Waals surface area contributed by atoms with Crippen LogP contribution < -0.4 is 5.73 Å². The van der Waals surface area contributed by atoms with Crippen molar-refractivity contribution in [1.29, 1.82) is 0 Å². The van der Waals surface area contributed by atoms with Gasteiger partial charge in [0.1, 0.15) is 5.82 Å². The van der Waals surface area contributed by atoms with Gasteiger partial charge in [-0.1, -0.05) is 11.8 Å². The summed E-state index contributed by atoms with van der Waals surface area (Å²) in [6.07, 6.45) is 0.956. The third-order valence-corrected chi connectivity index (χ3v) is 4.09. The van der Waals surface area contributed by atoms with Gasteiger partial charge >= 0.3 is 0 Å². The molecule has 106 valence electrons. The molecular weight excluding hydrogens is 275 g/mol. The number of carbonyl (C=O) groups is 1. The van der Waals surface area contributed by atoms with Gasteiger partial charge in [-0.25, -0.2) is 4.39 Å². The van der Waals surface area contributed by atoms with E-state index in [9.17, 15) is 9.18 Å². The molecular formula is C15H17FN2OS. The van der Waals surface area contributed by atoms with Gasteiger partial charge in [0.15, 0.2) is 0 Å². The van der Waals surface area contributed by atoms with Gasteiger partial charge in [0.2, 0.25) is 0 Å². The van der Waals surface area contributed by atoms with Crippen LogP contribution in [0.4, 0.5) is 4.39 Å². The molecule has 1 heterocycles. The van der Waals surface area contributed by atoms with E-state index in [1.807, 2.05) is 11.8 Å². The summed E-state index contributed by atoms with van der Waals surface area (Å²) in [5, 5.41) is 0. The maximum Gasteiger partial charge on any atom is 0.256 e. The van der Waals surface area contributed by atoms with Gasteiger partial charge in [-0.05, 0) is 30.4 Å². The Morgan fingerprint density at radius 2 is 2.25 bits per heavy atom. The van der Waals surface area contributed by atoms with E-state index in [1.54, 1.807) is 11.0 Å². The van der Waals surface area contributed by atoms with Gasteiger partial charge in [0.05, 0.1) is 12.1 Å². The number of carbonyl (C=O) groups excluding carboxylic acids is 1. The van der Waals surface area contributed by atoms with Crippen molar-refractivity contribution in [1.82, 2.24) is 4.90 Å². The molecule has 2 N–H and O–H groups in total. The largest absolute Gasteiger partial charge is 0.338 e. The molecule has 0 saturated carbocycles. The highest BCUT2D eigenvalue weighted by Gasteiger charge is 2.20. The lowest BCUT2D eigenvalue weighted by Gasteiger charge is -2.20. The minimum absolute atomic E-state index is 0.121. The monoisotopic (exact) mass is 292 g/mol. The van der Waals surface area contributed by atoms with Crippen LogP contribution in [-0.2, 0) is 0 Å². The predicted molar refractivity (Wildman–Crippen MR) is 80.2 cm³/mol. The number of hydrogen-bond donors (Lipinski definition) is 1. The van der Waals surface area contributed by atoms with Crippen molar-refractivity contribution in [2.75, 3.05) is 31.1 Å². The molecule has 3 nitrogen and oxygen atoms in total. The third-order valence-electron chi connectivity index (χ3n) is 3.04. The summed E-state index contributed by atoms with van der Waals surface area (Å²) in [6, 6.07) is 4.46. The second kappa shape index (κ2) is 7.32. The summed E-state index contributed by atoms with van der Waals surface area (Å²) >= 11 is 1.83. The highest BCUT2D eigenvalue weighted by atomic mass is 32.2. The molecule has 0 unspecified atom stereocenters. The van der Waals surface area contributed by atoms with Crippen molar-refractivity contribution in [2.24, 2.45) is 5.73 Å². The first-order chi connectivity index (χ1) is 9.72. The maximum atomic E-state index is 14.0. The van der Waals surface area contributed by atoms with E-state index in [0.29, 0.717) is 18.7 Å². The summed E-state index contributed by atoms with van der Waals surface area (Å²) in [7, 11) is 0. The second-order valence-electron chi connectivity index (χ2n) is 4.46. The zero-order chi connectivity index (χ0) is 14.4. The fourth-order valence-corrected chi connectivity index (χ4v) is 2.93. The van der Waals surface area contributed by atoms with Gasteiger partial charge in [-0.2, -0.15) is 11.8 Å². The topological polar surface area (TPSA) is 46.3 Å². The number of halogens is 1. The van der Waals surface area contributed by atoms with Crippen molar-refractivity contribution in [3.63, 3.8) is 0 Å². The van der Waals surface area contributed by atoms with E-state index in [-0.39, 0.29) is 18.0 Å². The molecule has 0 aromatic heterocycles. The maximum absolute atomic E-state index is 14.0. The SMILES string of the molecule is NCC#Cc1ccc(C(=O)N2CCCSCC2)c(F)c1. The smallest absolute Gasteiger partial charge is 0.256 e. The molecule has 1 saturated heterocycles. The molecule has 0 aliphatic carbocycles. The van der Waals surface area contributed by atoms with E-state index < -0.39 is 5.82 Å². The number of nitrogens with two attached hydrogens (primary N) is 1. The van der Waals surface area contributed by atoms with E-state index in [1.165, 1.54) is 12.1 Å². The predicted octanol–water partition coefficient (Wildman–Crippen LogP) is 1.72. The van der Waals surface area contributed by atoms with Gasteiger partial charge in [-0.15, -0.1) is 0 Å². The van der Waals surface area contributed by atoms with Crippen molar-refractivity contribution in [3.8, 4) is 11.8 Å². The molecule has 1 aromatic carbocycles. The van der Waals surface area contributed by atoms with Crippen molar-refractivity contribution < 1.29 is 9.18 Å². The molecule has 2 rings (SSSR count). The summed E-state index contributed by atoms with van der Waals surface area (Å²) < 4.78 is 14.0. The first kappa shape index (κ1) is 14.9. The molecule has 20 heavy (non-hydrogen) atoms. The summed E-state index contributed by atoms with van der Waals surface area (Å²) in [6.45, 7) is 1.60. The Bertz CT molecular complexity index is 543. The number of rotatable bonds is 1. The van der Waals surface area contributed by atoms with Gasteiger partial charge in [-0.3, -0.25) is 4.79 Å². The van der Waals surface area contributed by atoms with Crippen LogP contribution in [0.15, 0.2) is 18.2 Å². The number of amides is 1. The van der Waals surface area contributed by atoms with E-state index in [2.05, 4.69) is 11.8 Å². The normalized spacial score (nSPS) is 15.2. The molecule has 1 aromatic rings. The Kier molecular flexibility index (Phi) is 5.45. The summed E-state index contributed by atoms with van der Waals surface area (Å²) in [5.41, 5.74) is 5.93. The fourth-order valence-electron chi connectivity index (χ4n) is 2.04. The molecule has 1 amide bonds. The fraction of sp³-hybridized carbons (Fsp3) is 0.400. The lowest BCUT2D eigenvalue weighted by molar-refractivity contribution is 0.0764. The van der Waals surface area contributed by atoms with Crippen LogP contribution in [0.3, 0.4) is 0 Å². The first-order valence-corrected chi connectivity index (χ1v) is 7.73. The standard InChI is InChI=1S/C15H17FN2OS/c16-14-11-12(3-1-6-17)4-5-13(14)15(19)18-7-2-9-20-10-8-18/h4-5,11H,2,6-10,17H2. The molecule has 0 spiro atoms. The average Bonchev–Trinajstić information content (AvgIpc) is 2.73. The zero-order valence-corrected chi connectivity index (χ0v) is 12.0. The van der Waals surface area contributed by atoms with Gasteiger partial charge in [0.25, 0.3) is 5.91 Å². The Labute approximate surface area is 122 Å². The molecule has 0 radical (unpaired) electrons. The van der Waals surface area contributed by atoms with Crippen LogP contribution in [0.25, 0.3) is 0 Å². The van der Waals surface area contributed by atoms with Crippen LogP contribution in [0.5, 0.6) is 0 Å². The van der Waals surface area contributed by atoms with Crippen molar-refractivity contribution in [3.05, 3.63) is 35.1 Å². The first-order valence-electron chi connectivity index (χ1n) is 6.58. The number of nitrogens with zero attached hydrogens (tertiary/aromatic N) is 1. The lowest BCUT2D eigenvalue weighted by Crippen LogP contribution is -2.33. The molecule has 1 aliphatic heterocycles. The number of benzene rings is 1. The quantitative estimate of drug-likeness (QED) is 0.802. The Morgan fingerprint density at radius 1 is 1.40 bits per heavy atom. The molecule has 0 bridgehead atoms. The Hall–Kier alpha value is -1.51. The van der Waals surface area contributed by atoms with Gasteiger partial charge < -0.3 is 10.6 Å². The molecule has 1 aliphatic rings. The lowest BCUT2D eigenvalue weighted by atomic mass is 10.1. The Balaban J connectivity index is 2.17. The number of hydrogen-bond acceptors (Lipinski definition) is 3.